The van der Waals surface area contributed by atoms with Gasteiger partial charge in [0.2, 0.25) is 0 Å². The molecule has 124 valence electrons. The Bertz CT molecular complexity index is 286. The fraction of sp³-hybridized carbons (Fsp3) is 0.938. The Morgan fingerprint density at radius 2 is 1.86 bits per heavy atom. The van der Waals surface area contributed by atoms with Crippen molar-refractivity contribution in [3.63, 3.8) is 0 Å². The highest BCUT2D eigenvalue weighted by atomic mass is 32.2. The van der Waals surface area contributed by atoms with Gasteiger partial charge >= 0.3 is 6.09 Å². The van der Waals surface area contributed by atoms with E-state index in [2.05, 4.69) is 17.1 Å². The molecule has 0 aliphatic carbocycles. The summed E-state index contributed by atoms with van der Waals surface area (Å²) < 4.78 is 10.5. The van der Waals surface area contributed by atoms with Crippen LogP contribution in [0.3, 0.4) is 0 Å². The van der Waals surface area contributed by atoms with Crippen LogP contribution in [0.4, 0.5) is 4.79 Å². The first-order valence-electron chi connectivity index (χ1n) is 8.13. The fourth-order valence-corrected chi connectivity index (χ4v) is 3.41. The molecule has 1 amide bonds. The first-order valence-corrected chi connectivity index (χ1v) is 9.18. The molecule has 1 fully saturated rings. The monoisotopic (exact) mass is 317 g/mol. The van der Waals surface area contributed by atoms with E-state index in [1.54, 1.807) is 0 Å². The van der Waals surface area contributed by atoms with E-state index in [1.807, 2.05) is 20.8 Å². The van der Waals surface area contributed by atoms with Gasteiger partial charge in [0.05, 0.1) is 0 Å². The summed E-state index contributed by atoms with van der Waals surface area (Å²) in [6, 6.07) is 0. The maximum atomic E-state index is 11.4. The molecule has 1 aliphatic heterocycles. The molecule has 0 unspecified atom stereocenters. The normalized spacial score (nSPS) is 16.7. The quantitative estimate of drug-likeness (QED) is 0.688. The highest BCUT2D eigenvalue weighted by molar-refractivity contribution is 7.99. The maximum absolute atomic E-state index is 11.4. The zero-order valence-corrected chi connectivity index (χ0v) is 14.6. The molecule has 0 atom stereocenters. The van der Waals surface area contributed by atoms with E-state index in [-0.39, 0.29) is 6.09 Å². The molecule has 0 spiro atoms. The van der Waals surface area contributed by atoms with E-state index < -0.39 is 5.60 Å². The van der Waals surface area contributed by atoms with Crippen LogP contribution in [0.5, 0.6) is 0 Å². The molecule has 0 radical (unpaired) electrons. The number of unbranched alkanes of at least 4 members (excludes halogenated alkanes) is 3. The number of alkyl carbamates (subject to hydrolysis) is 1. The Hall–Kier alpha value is -0.420. The lowest BCUT2D eigenvalue weighted by atomic mass is 10.2. The maximum Gasteiger partial charge on any atom is 0.407 e. The molecule has 1 heterocycles. The van der Waals surface area contributed by atoms with Gasteiger partial charge in [-0.1, -0.05) is 12.8 Å². The summed E-state index contributed by atoms with van der Waals surface area (Å²) in [5.41, 5.74) is -0.411. The topological polar surface area (TPSA) is 47.6 Å². The summed E-state index contributed by atoms with van der Waals surface area (Å²) in [6.07, 6.45) is 6.83. The van der Waals surface area contributed by atoms with Gasteiger partial charge in [-0.05, 0) is 52.2 Å². The average molecular weight is 317 g/mol. The number of rotatable bonds is 8. The number of thioether (sulfide) groups is 1. The molecular formula is C16H31NO3S. The molecule has 21 heavy (non-hydrogen) atoms. The summed E-state index contributed by atoms with van der Waals surface area (Å²) in [7, 11) is 0. The molecule has 0 aromatic rings. The van der Waals surface area contributed by atoms with Crippen LogP contribution in [0, 0.1) is 0 Å². The highest BCUT2D eigenvalue weighted by Crippen LogP contribution is 2.23. The predicted octanol–water partition coefficient (Wildman–Crippen LogP) is 3.98. The van der Waals surface area contributed by atoms with Crippen molar-refractivity contribution >= 4 is 17.9 Å². The van der Waals surface area contributed by atoms with Crippen molar-refractivity contribution in [2.75, 3.05) is 25.5 Å². The van der Waals surface area contributed by atoms with Crippen LogP contribution in [0.2, 0.25) is 0 Å². The zero-order chi connectivity index (χ0) is 15.6. The smallest absolute Gasteiger partial charge is 0.407 e. The Balaban J connectivity index is 1.85. The average Bonchev–Trinajstić information content (AvgIpc) is 2.41. The molecule has 5 heteroatoms. The fourth-order valence-electron chi connectivity index (χ4n) is 2.18. The SMILES string of the molecule is CC(C)(C)OC(=O)NCCCCCCSC1CCOCC1. The van der Waals surface area contributed by atoms with Crippen molar-refractivity contribution in [3.05, 3.63) is 0 Å². The van der Waals surface area contributed by atoms with Gasteiger partial charge in [-0.2, -0.15) is 11.8 Å². The molecule has 1 N–H and O–H groups in total. The van der Waals surface area contributed by atoms with Crippen molar-refractivity contribution in [1.82, 2.24) is 5.32 Å². The van der Waals surface area contributed by atoms with E-state index in [9.17, 15) is 4.79 Å². The molecule has 1 saturated heterocycles. The van der Waals surface area contributed by atoms with Gasteiger partial charge in [-0.25, -0.2) is 4.79 Å². The van der Waals surface area contributed by atoms with E-state index in [0.717, 1.165) is 24.9 Å². The number of hydrogen-bond donors (Lipinski definition) is 1. The molecular weight excluding hydrogens is 286 g/mol. The van der Waals surface area contributed by atoms with Gasteiger partial charge in [-0.3, -0.25) is 0 Å². The lowest BCUT2D eigenvalue weighted by molar-refractivity contribution is 0.0527. The zero-order valence-electron chi connectivity index (χ0n) is 13.8. The molecule has 0 bridgehead atoms. The molecule has 0 aromatic carbocycles. The third-order valence-electron chi connectivity index (χ3n) is 3.26. The molecule has 0 saturated carbocycles. The minimum Gasteiger partial charge on any atom is -0.444 e. The number of nitrogens with one attached hydrogen (secondary N) is 1. The number of amides is 1. The van der Waals surface area contributed by atoms with Gasteiger partial charge in [-0.15, -0.1) is 0 Å². The van der Waals surface area contributed by atoms with Crippen LogP contribution in [-0.4, -0.2) is 42.5 Å². The Kier molecular flexibility index (Phi) is 9.16. The van der Waals surface area contributed by atoms with E-state index in [4.69, 9.17) is 9.47 Å². The lowest BCUT2D eigenvalue weighted by Gasteiger charge is -2.21. The summed E-state index contributed by atoms with van der Waals surface area (Å²) >= 11 is 2.10. The van der Waals surface area contributed by atoms with Crippen LogP contribution in [0.15, 0.2) is 0 Å². The summed E-state index contributed by atoms with van der Waals surface area (Å²) in [6.45, 7) is 8.22. The standard InChI is InChI=1S/C16H31NO3S/c1-16(2,3)20-15(18)17-10-6-4-5-7-13-21-14-8-11-19-12-9-14/h14H,4-13H2,1-3H3,(H,17,18). The first-order chi connectivity index (χ1) is 9.97. The van der Waals surface area contributed by atoms with Crippen LogP contribution in [0.25, 0.3) is 0 Å². The lowest BCUT2D eigenvalue weighted by Crippen LogP contribution is -2.32. The third-order valence-corrected chi connectivity index (χ3v) is 4.73. The van der Waals surface area contributed by atoms with E-state index in [1.165, 1.54) is 37.9 Å². The summed E-state index contributed by atoms with van der Waals surface area (Å²) in [4.78, 5) is 11.4. The van der Waals surface area contributed by atoms with Crippen LogP contribution in [0.1, 0.15) is 59.3 Å². The van der Waals surface area contributed by atoms with Crippen molar-refractivity contribution in [2.45, 2.75) is 70.1 Å². The number of carbonyl (C=O) groups excluding carboxylic acids is 1. The third kappa shape index (κ3) is 10.9. The van der Waals surface area contributed by atoms with Gasteiger partial charge in [0.15, 0.2) is 0 Å². The van der Waals surface area contributed by atoms with Crippen molar-refractivity contribution in [3.8, 4) is 0 Å². The largest absolute Gasteiger partial charge is 0.444 e. The van der Waals surface area contributed by atoms with Gasteiger partial charge in [0, 0.05) is 25.0 Å². The Morgan fingerprint density at radius 1 is 1.19 bits per heavy atom. The Morgan fingerprint density at radius 3 is 2.52 bits per heavy atom. The molecule has 0 aromatic heterocycles. The second-order valence-corrected chi connectivity index (χ2v) is 7.93. The van der Waals surface area contributed by atoms with Crippen LogP contribution >= 0.6 is 11.8 Å². The second kappa shape index (κ2) is 10.3. The predicted molar refractivity (Wildman–Crippen MR) is 89.0 cm³/mol. The van der Waals surface area contributed by atoms with Crippen LogP contribution < -0.4 is 5.32 Å². The van der Waals surface area contributed by atoms with Crippen LogP contribution in [-0.2, 0) is 9.47 Å². The first kappa shape index (κ1) is 18.6. The van der Waals surface area contributed by atoms with Crippen molar-refractivity contribution < 1.29 is 14.3 Å². The summed E-state index contributed by atoms with van der Waals surface area (Å²) in [5, 5.41) is 3.61. The highest BCUT2D eigenvalue weighted by Gasteiger charge is 2.15. The Labute approximate surface area is 133 Å². The second-order valence-electron chi connectivity index (χ2n) is 6.53. The van der Waals surface area contributed by atoms with Crippen molar-refractivity contribution in [2.24, 2.45) is 0 Å². The molecule has 4 nitrogen and oxygen atoms in total. The van der Waals surface area contributed by atoms with Gasteiger partial charge in [0.25, 0.3) is 0 Å². The van der Waals surface area contributed by atoms with Crippen molar-refractivity contribution in [1.29, 1.82) is 0 Å². The number of ether oxygens (including phenoxy) is 2. The minimum absolute atomic E-state index is 0.308. The summed E-state index contributed by atoms with van der Waals surface area (Å²) in [5.74, 6) is 1.25. The van der Waals surface area contributed by atoms with E-state index >= 15 is 0 Å². The van der Waals surface area contributed by atoms with Gasteiger partial charge < -0.3 is 14.8 Å². The molecule has 1 aliphatic rings. The van der Waals surface area contributed by atoms with E-state index in [0.29, 0.717) is 6.54 Å². The number of hydrogen-bond acceptors (Lipinski definition) is 4. The minimum atomic E-state index is -0.411. The van der Waals surface area contributed by atoms with Gasteiger partial charge in [0.1, 0.15) is 5.60 Å². The molecule has 1 rings (SSSR count). The number of carbonyl (C=O) groups is 1.